The maximum absolute atomic E-state index is 13.3. The van der Waals surface area contributed by atoms with E-state index in [9.17, 15) is 4.79 Å². The lowest BCUT2D eigenvalue weighted by atomic mass is 9.95. The van der Waals surface area contributed by atoms with Crippen LogP contribution >= 0.6 is 22.9 Å². The standard InChI is InChI=1S/C30H27ClN2O2S/c31-24-15-13-22(14-16-24)20-35-25-10-6-9-23(17-25)19-33-30-28(26-11-4-5-12-27(26)36-30)29(34)32-18-21-7-2-1-3-8-21/h1-3,6-10,13-17,19H,4-5,11-12,18,20H2,(H,32,34). The molecule has 0 atom stereocenters. The summed E-state index contributed by atoms with van der Waals surface area (Å²) >= 11 is 7.61. The van der Waals surface area contributed by atoms with Gasteiger partial charge in [0.15, 0.2) is 0 Å². The number of aliphatic imine (C=N–C) groups is 1. The van der Waals surface area contributed by atoms with E-state index in [2.05, 4.69) is 5.32 Å². The van der Waals surface area contributed by atoms with E-state index in [1.807, 2.05) is 85.1 Å². The molecule has 0 aliphatic heterocycles. The molecule has 36 heavy (non-hydrogen) atoms. The van der Waals surface area contributed by atoms with Crippen molar-refractivity contribution in [2.45, 2.75) is 38.8 Å². The average Bonchev–Trinajstić information content (AvgIpc) is 3.30. The number of rotatable bonds is 8. The number of thiophene rings is 1. The minimum Gasteiger partial charge on any atom is -0.489 e. The summed E-state index contributed by atoms with van der Waals surface area (Å²) in [5.41, 5.74) is 4.95. The normalized spacial score (nSPS) is 12.9. The van der Waals surface area contributed by atoms with Crippen molar-refractivity contribution in [3.05, 3.63) is 117 Å². The van der Waals surface area contributed by atoms with Crippen molar-refractivity contribution in [3.63, 3.8) is 0 Å². The van der Waals surface area contributed by atoms with Gasteiger partial charge in [0.1, 0.15) is 17.4 Å². The van der Waals surface area contributed by atoms with E-state index >= 15 is 0 Å². The third-order valence-electron chi connectivity index (χ3n) is 6.18. The van der Waals surface area contributed by atoms with Crippen LogP contribution in [-0.4, -0.2) is 12.1 Å². The van der Waals surface area contributed by atoms with Crippen LogP contribution in [0.1, 0.15) is 50.3 Å². The van der Waals surface area contributed by atoms with Crippen molar-refractivity contribution >= 4 is 40.1 Å². The molecule has 0 spiro atoms. The lowest BCUT2D eigenvalue weighted by Crippen LogP contribution is -2.24. The highest BCUT2D eigenvalue weighted by atomic mass is 35.5. The number of hydrogen-bond acceptors (Lipinski definition) is 4. The molecule has 0 saturated carbocycles. The van der Waals surface area contributed by atoms with Gasteiger partial charge in [0.05, 0.1) is 5.56 Å². The molecule has 1 N–H and O–H groups in total. The number of hydrogen-bond donors (Lipinski definition) is 1. The number of aryl methyl sites for hydroxylation is 1. The van der Waals surface area contributed by atoms with Crippen LogP contribution in [0.15, 0.2) is 83.9 Å². The lowest BCUT2D eigenvalue weighted by Gasteiger charge is -2.12. The Bertz CT molecular complexity index is 1360. The quantitative estimate of drug-likeness (QED) is 0.247. The number of nitrogens with one attached hydrogen (secondary N) is 1. The predicted octanol–water partition coefficient (Wildman–Crippen LogP) is 7.54. The molecular weight excluding hydrogens is 488 g/mol. The van der Waals surface area contributed by atoms with Gasteiger partial charge in [0, 0.05) is 22.7 Å². The van der Waals surface area contributed by atoms with E-state index < -0.39 is 0 Å². The molecular formula is C30H27ClN2O2S. The number of carbonyl (C=O) groups is 1. The fourth-order valence-corrected chi connectivity index (χ4v) is 5.66. The highest BCUT2D eigenvalue weighted by molar-refractivity contribution is 7.16. The minimum absolute atomic E-state index is 0.0505. The molecule has 1 aromatic heterocycles. The van der Waals surface area contributed by atoms with Gasteiger partial charge < -0.3 is 10.1 Å². The molecule has 5 rings (SSSR count). The van der Waals surface area contributed by atoms with Gasteiger partial charge in [-0.2, -0.15) is 0 Å². The smallest absolute Gasteiger partial charge is 0.254 e. The predicted molar refractivity (Wildman–Crippen MR) is 148 cm³/mol. The van der Waals surface area contributed by atoms with E-state index in [1.165, 1.54) is 10.4 Å². The summed E-state index contributed by atoms with van der Waals surface area (Å²) in [7, 11) is 0. The van der Waals surface area contributed by atoms with Gasteiger partial charge in [-0.05, 0) is 72.2 Å². The van der Waals surface area contributed by atoms with Crippen molar-refractivity contribution in [3.8, 4) is 5.75 Å². The van der Waals surface area contributed by atoms with Crippen LogP contribution in [0.2, 0.25) is 5.02 Å². The first-order chi connectivity index (χ1) is 17.7. The van der Waals surface area contributed by atoms with E-state index in [0.717, 1.165) is 58.7 Å². The molecule has 1 aliphatic rings. The molecule has 0 unspecified atom stereocenters. The van der Waals surface area contributed by atoms with Crippen LogP contribution in [0, 0.1) is 0 Å². The molecule has 1 aliphatic carbocycles. The highest BCUT2D eigenvalue weighted by Crippen LogP contribution is 2.40. The number of carbonyl (C=O) groups excluding carboxylic acids is 1. The van der Waals surface area contributed by atoms with Crippen molar-refractivity contribution in [2.24, 2.45) is 4.99 Å². The van der Waals surface area contributed by atoms with Crippen molar-refractivity contribution in [1.29, 1.82) is 0 Å². The summed E-state index contributed by atoms with van der Waals surface area (Å²) in [4.78, 5) is 19.4. The maximum atomic E-state index is 13.3. The molecule has 0 saturated heterocycles. The number of nitrogens with zero attached hydrogens (tertiary/aromatic N) is 1. The van der Waals surface area contributed by atoms with E-state index in [1.54, 1.807) is 11.3 Å². The van der Waals surface area contributed by atoms with E-state index in [0.29, 0.717) is 18.2 Å². The van der Waals surface area contributed by atoms with Crippen LogP contribution in [-0.2, 0) is 26.0 Å². The molecule has 0 radical (unpaired) electrons. The third kappa shape index (κ3) is 6.04. The van der Waals surface area contributed by atoms with Crippen LogP contribution in [0.5, 0.6) is 5.75 Å². The Kier molecular flexibility index (Phi) is 7.79. The zero-order chi connectivity index (χ0) is 24.7. The topological polar surface area (TPSA) is 50.7 Å². The summed E-state index contributed by atoms with van der Waals surface area (Å²) in [6.45, 7) is 0.960. The third-order valence-corrected chi connectivity index (χ3v) is 7.64. The first kappa shape index (κ1) is 24.3. The molecule has 4 nitrogen and oxygen atoms in total. The van der Waals surface area contributed by atoms with Gasteiger partial charge in [-0.15, -0.1) is 11.3 Å². The Morgan fingerprint density at radius 1 is 0.972 bits per heavy atom. The summed E-state index contributed by atoms with van der Waals surface area (Å²) in [5, 5.41) is 4.59. The lowest BCUT2D eigenvalue weighted by molar-refractivity contribution is 0.0951. The summed E-state index contributed by atoms with van der Waals surface area (Å²) < 4.78 is 5.96. The Morgan fingerprint density at radius 3 is 2.61 bits per heavy atom. The molecule has 182 valence electrons. The number of ether oxygens (including phenoxy) is 1. The second-order valence-corrected chi connectivity index (χ2v) is 10.3. The first-order valence-corrected chi connectivity index (χ1v) is 13.3. The Labute approximate surface area is 220 Å². The van der Waals surface area contributed by atoms with Crippen LogP contribution < -0.4 is 10.1 Å². The molecule has 0 fully saturated rings. The van der Waals surface area contributed by atoms with Crippen LogP contribution in [0.4, 0.5) is 5.00 Å². The second kappa shape index (κ2) is 11.5. The zero-order valence-electron chi connectivity index (χ0n) is 19.9. The second-order valence-electron chi connectivity index (χ2n) is 8.81. The fourth-order valence-electron chi connectivity index (χ4n) is 4.31. The Hall–Kier alpha value is -3.41. The summed E-state index contributed by atoms with van der Waals surface area (Å²) in [5.74, 6) is 0.714. The monoisotopic (exact) mass is 514 g/mol. The van der Waals surface area contributed by atoms with Crippen molar-refractivity contribution < 1.29 is 9.53 Å². The van der Waals surface area contributed by atoms with Gasteiger partial charge in [-0.3, -0.25) is 4.79 Å². The van der Waals surface area contributed by atoms with Crippen LogP contribution in [0.3, 0.4) is 0 Å². The first-order valence-electron chi connectivity index (χ1n) is 12.1. The van der Waals surface area contributed by atoms with E-state index in [4.69, 9.17) is 21.3 Å². The fraction of sp³-hybridized carbons (Fsp3) is 0.200. The minimum atomic E-state index is -0.0505. The average molecular weight is 515 g/mol. The molecule has 6 heteroatoms. The van der Waals surface area contributed by atoms with Gasteiger partial charge in [-0.25, -0.2) is 4.99 Å². The molecule has 3 aromatic carbocycles. The van der Waals surface area contributed by atoms with Crippen molar-refractivity contribution in [2.75, 3.05) is 0 Å². The summed E-state index contributed by atoms with van der Waals surface area (Å²) in [6.07, 6.45) is 6.04. The van der Waals surface area contributed by atoms with Gasteiger partial charge >= 0.3 is 0 Å². The maximum Gasteiger partial charge on any atom is 0.254 e. The molecule has 0 bridgehead atoms. The number of halogens is 1. The largest absolute Gasteiger partial charge is 0.489 e. The molecule has 1 amide bonds. The number of benzene rings is 3. The van der Waals surface area contributed by atoms with Gasteiger partial charge in [-0.1, -0.05) is 66.2 Å². The molecule has 4 aromatic rings. The van der Waals surface area contributed by atoms with E-state index in [-0.39, 0.29) is 5.91 Å². The van der Waals surface area contributed by atoms with Gasteiger partial charge in [0.25, 0.3) is 5.91 Å². The summed E-state index contributed by atoms with van der Waals surface area (Å²) in [6, 6.07) is 25.4. The number of amides is 1. The highest BCUT2D eigenvalue weighted by Gasteiger charge is 2.25. The van der Waals surface area contributed by atoms with Gasteiger partial charge in [0.2, 0.25) is 0 Å². The molecule has 1 heterocycles. The Morgan fingerprint density at radius 2 is 1.78 bits per heavy atom. The zero-order valence-corrected chi connectivity index (χ0v) is 21.4. The van der Waals surface area contributed by atoms with Crippen LogP contribution in [0.25, 0.3) is 0 Å². The van der Waals surface area contributed by atoms with Crippen molar-refractivity contribution in [1.82, 2.24) is 5.32 Å². The Balaban J connectivity index is 1.32. The SMILES string of the molecule is O=C(NCc1ccccc1)c1c(N=Cc2cccc(OCc3ccc(Cl)cc3)c2)sc2c1CCCC2. The number of fused-ring (bicyclic) bond motifs is 1.